The Morgan fingerprint density at radius 3 is 2.70 bits per heavy atom. The number of nitrogens with one attached hydrogen (secondary N) is 1. The molecule has 4 rings (SSSR count). The maximum atomic E-state index is 13.0. The molecule has 0 saturated heterocycles. The third-order valence-electron chi connectivity index (χ3n) is 4.83. The van der Waals surface area contributed by atoms with Crippen molar-refractivity contribution in [2.75, 3.05) is 12.4 Å². The lowest BCUT2D eigenvalue weighted by Gasteiger charge is -2.10. The molecule has 0 atom stereocenters. The number of benzene rings is 2. The molecule has 1 N–H and O–H groups in total. The number of hydrogen-bond donors (Lipinski definition) is 1. The molecule has 2 aromatic carbocycles. The van der Waals surface area contributed by atoms with Crippen LogP contribution in [-0.4, -0.2) is 22.8 Å². The van der Waals surface area contributed by atoms with Gasteiger partial charge in [-0.1, -0.05) is 29.3 Å². The lowest BCUT2D eigenvalue weighted by atomic mass is 10.2. The predicted octanol–water partition coefficient (Wildman–Crippen LogP) is 4.58. The van der Waals surface area contributed by atoms with E-state index in [0.29, 0.717) is 22.2 Å². The molecule has 1 aliphatic rings. The molecular weight excluding hydrogens is 362 g/mol. The van der Waals surface area contributed by atoms with Crippen LogP contribution in [0.3, 0.4) is 0 Å². The zero-order valence-corrected chi connectivity index (χ0v) is 16.0. The highest BCUT2D eigenvalue weighted by Gasteiger charge is 2.27. The second-order valence-electron chi connectivity index (χ2n) is 6.67. The summed E-state index contributed by atoms with van der Waals surface area (Å²) in [5, 5.41) is 8.06. The van der Waals surface area contributed by atoms with Crippen LogP contribution in [0.4, 0.5) is 5.69 Å². The zero-order valence-electron chi connectivity index (χ0n) is 15.3. The summed E-state index contributed by atoms with van der Waals surface area (Å²) in [5.41, 5.74) is 5.29. The maximum Gasteiger partial charge on any atom is 0.276 e. The minimum absolute atomic E-state index is 0.250. The van der Waals surface area contributed by atoms with Gasteiger partial charge in [-0.15, -0.1) is 0 Å². The highest BCUT2D eigenvalue weighted by Crippen LogP contribution is 2.31. The number of halogens is 1. The summed E-state index contributed by atoms with van der Waals surface area (Å²) in [6.45, 7) is 2.05. The summed E-state index contributed by atoms with van der Waals surface area (Å²) in [7, 11) is 1.56. The Morgan fingerprint density at radius 2 is 1.96 bits per heavy atom. The summed E-state index contributed by atoms with van der Waals surface area (Å²) >= 11 is 6.07. The van der Waals surface area contributed by atoms with Crippen LogP contribution in [0.15, 0.2) is 42.5 Å². The van der Waals surface area contributed by atoms with E-state index in [1.807, 2.05) is 16.8 Å². The number of carbonyl (C=O) groups is 1. The number of aryl methyl sites for hydroxylation is 1. The van der Waals surface area contributed by atoms with Crippen molar-refractivity contribution in [3.63, 3.8) is 0 Å². The number of hydrogen-bond acceptors (Lipinski definition) is 3. The van der Waals surface area contributed by atoms with Crippen LogP contribution < -0.4 is 10.1 Å². The Hall–Kier alpha value is -2.79. The van der Waals surface area contributed by atoms with E-state index in [0.717, 1.165) is 36.2 Å². The van der Waals surface area contributed by atoms with Gasteiger partial charge >= 0.3 is 0 Å². The van der Waals surface area contributed by atoms with Crippen molar-refractivity contribution < 1.29 is 9.53 Å². The molecular formula is C21H20ClN3O2. The van der Waals surface area contributed by atoms with Gasteiger partial charge in [0.1, 0.15) is 5.75 Å². The molecule has 0 unspecified atom stereocenters. The molecule has 27 heavy (non-hydrogen) atoms. The van der Waals surface area contributed by atoms with E-state index in [9.17, 15) is 4.79 Å². The number of fused-ring (bicyclic) bond motifs is 1. The highest BCUT2D eigenvalue weighted by atomic mass is 35.5. The molecule has 0 aliphatic heterocycles. The quantitative estimate of drug-likeness (QED) is 0.719. The van der Waals surface area contributed by atoms with Crippen molar-refractivity contribution in [3.05, 3.63) is 70.0 Å². The predicted molar refractivity (Wildman–Crippen MR) is 106 cm³/mol. The summed E-state index contributed by atoms with van der Waals surface area (Å²) < 4.78 is 7.21. The number of aromatic nitrogens is 2. The monoisotopic (exact) mass is 381 g/mol. The largest absolute Gasteiger partial charge is 0.495 e. The first-order valence-electron chi connectivity index (χ1n) is 8.89. The first kappa shape index (κ1) is 17.6. The van der Waals surface area contributed by atoms with Gasteiger partial charge in [-0.25, -0.2) is 4.68 Å². The Balaban J connectivity index is 1.70. The lowest BCUT2D eigenvalue weighted by Crippen LogP contribution is -2.15. The third kappa shape index (κ3) is 3.30. The standard InChI is InChI=1S/C21H20ClN3O2/c1-13-6-9-15(10-7-13)25-18-5-3-4-16(18)20(24-25)21(26)23-17-12-14(22)8-11-19(17)27-2/h6-12H,3-5H2,1-2H3,(H,23,26). The first-order chi connectivity index (χ1) is 13.1. The fourth-order valence-corrected chi connectivity index (χ4v) is 3.65. The van der Waals surface area contributed by atoms with E-state index in [4.69, 9.17) is 16.3 Å². The van der Waals surface area contributed by atoms with Crippen LogP contribution >= 0.6 is 11.6 Å². The van der Waals surface area contributed by atoms with Gasteiger partial charge in [-0.05, 0) is 56.5 Å². The van der Waals surface area contributed by atoms with Crippen molar-refractivity contribution in [1.29, 1.82) is 0 Å². The Kier molecular flexibility index (Phi) is 4.62. The maximum absolute atomic E-state index is 13.0. The fourth-order valence-electron chi connectivity index (χ4n) is 3.48. The summed E-state index contributed by atoms with van der Waals surface area (Å²) in [6, 6.07) is 13.3. The van der Waals surface area contributed by atoms with E-state index in [1.54, 1.807) is 25.3 Å². The highest BCUT2D eigenvalue weighted by molar-refractivity contribution is 6.31. The van der Waals surface area contributed by atoms with Gasteiger partial charge in [0.2, 0.25) is 0 Å². The third-order valence-corrected chi connectivity index (χ3v) is 5.07. The molecule has 3 aromatic rings. The second kappa shape index (κ2) is 7.08. The van der Waals surface area contributed by atoms with Gasteiger partial charge in [0.05, 0.1) is 18.5 Å². The normalized spacial score (nSPS) is 12.7. The van der Waals surface area contributed by atoms with Crippen LogP contribution in [0.2, 0.25) is 5.02 Å². The van der Waals surface area contributed by atoms with Crippen molar-refractivity contribution in [2.24, 2.45) is 0 Å². The molecule has 6 heteroatoms. The van der Waals surface area contributed by atoms with E-state index < -0.39 is 0 Å². The molecule has 138 valence electrons. The van der Waals surface area contributed by atoms with Gasteiger partial charge in [0, 0.05) is 16.3 Å². The smallest absolute Gasteiger partial charge is 0.276 e. The van der Waals surface area contributed by atoms with Crippen molar-refractivity contribution in [3.8, 4) is 11.4 Å². The molecule has 0 spiro atoms. The van der Waals surface area contributed by atoms with Gasteiger partial charge in [-0.2, -0.15) is 5.10 Å². The number of ether oxygens (including phenoxy) is 1. The van der Waals surface area contributed by atoms with Gasteiger partial charge in [0.15, 0.2) is 5.69 Å². The lowest BCUT2D eigenvalue weighted by molar-refractivity contribution is 0.102. The minimum atomic E-state index is -0.250. The average molecular weight is 382 g/mol. The SMILES string of the molecule is COc1ccc(Cl)cc1NC(=O)c1nn(-c2ccc(C)cc2)c2c1CCC2. The first-order valence-corrected chi connectivity index (χ1v) is 9.27. The molecule has 5 nitrogen and oxygen atoms in total. The molecule has 1 amide bonds. The van der Waals surface area contributed by atoms with Crippen molar-refractivity contribution in [1.82, 2.24) is 9.78 Å². The van der Waals surface area contributed by atoms with Crippen molar-refractivity contribution in [2.45, 2.75) is 26.2 Å². The molecule has 0 saturated carbocycles. The number of carbonyl (C=O) groups excluding carboxylic acids is 1. The van der Waals surface area contributed by atoms with Gasteiger partial charge in [0.25, 0.3) is 5.91 Å². The van der Waals surface area contributed by atoms with E-state index in [2.05, 4.69) is 29.5 Å². The van der Waals surface area contributed by atoms with E-state index >= 15 is 0 Å². The van der Waals surface area contributed by atoms with Crippen LogP contribution in [0.25, 0.3) is 5.69 Å². The molecule has 1 aromatic heterocycles. The molecule has 0 fully saturated rings. The number of methoxy groups -OCH3 is 1. The van der Waals surface area contributed by atoms with Gasteiger partial charge in [-0.3, -0.25) is 4.79 Å². The zero-order chi connectivity index (χ0) is 19.0. The van der Waals surface area contributed by atoms with Crippen molar-refractivity contribution >= 4 is 23.2 Å². The van der Waals surface area contributed by atoms with Crippen LogP contribution in [-0.2, 0) is 12.8 Å². The molecule has 0 bridgehead atoms. The summed E-state index contributed by atoms with van der Waals surface area (Å²) in [4.78, 5) is 13.0. The summed E-state index contributed by atoms with van der Waals surface area (Å²) in [5.74, 6) is 0.307. The topological polar surface area (TPSA) is 56.1 Å². The molecule has 0 radical (unpaired) electrons. The fraction of sp³-hybridized carbons (Fsp3) is 0.238. The molecule has 1 aliphatic carbocycles. The average Bonchev–Trinajstić information content (AvgIpc) is 3.25. The molecule has 1 heterocycles. The second-order valence-corrected chi connectivity index (χ2v) is 7.11. The Morgan fingerprint density at radius 1 is 1.19 bits per heavy atom. The number of rotatable bonds is 4. The van der Waals surface area contributed by atoms with Crippen LogP contribution in [0.1, 0.15) is 33.7 Å². The van der Waals surface area contributed by atoms with Crippen LogP contribution in [0.5, 0.6) is 5.75 Å². The Bertz CT molecular complexity index is 1010. The number of amides is 1. The number of nitrogens with zero attached hydrogens (tertiary/aromatic N) is 2. The van der Waals surface area contributed by atoms with Gasteiger partial charge < -0.3 is 10.1 Å². The van der Waals surface area contributed by atoms with E-state index in [1.165, 1.54) is 5.56 Å². The minimum Gasteiger partial charge on any atom is -0.495 e. The van der Waals surface area contributed by atoms with E-state index in [-0.39, 0.29) is 5.91 Å². The van der Waals surface area contributed by atoms with Crippen LogP contribution in [0, 0.1) is 6.92 Å². The summed E-state index contributed by atoms with van der Waals surface area (Å²) in [6.07, 6.45) is 2.81. The number of anilines is 1. The Labute approximate surface area is 162 Å².